The van der Waals surface area contributed by atoms with Gasteiger partial charge in [-0.05, 0) is 36.8 Å². The van der Waals surface area contributed by atoms with E-state index in [0.29, 0.717) is 11.3 Å². The fourth-order valence-electron chi connectivity index (χ4n) is 2.44. The van der Waals surface area contributed by atoms with Gasteiger partial charge in [-0.2, -0.15) is 0 Å². The fourth-order valence-corrected chi connectivity index (χ4v) is 2.44. The van der Waals surface area contributed by atoms with Crippen LogP contribution < -0.4 is 10.6 Å². The Bertz CT molecular complexity index is 956. The van der Waals surface area contributed by atoms with E-state index in [1.165, 1.54) is 12.1 Å². The minimum absolute atomic E-state index is 0.0257. The van der Waals surface area contributed by atoms with Gasteiger partial charge >= 0.3 is 5.97 Å². The van der Waals surface area contributed by atoms with Crippen molar-refractivity contribution in [3.05, 3.63) is 71.4 Å². The third-order valence-corrected chi connectivity index (χ3v) is 3.88. The fraction of sp³-hybridized carbons (Fsp3) is 0.150. The van der Waals surface area contributed by atoms with Crippen LogP contribution in [0.15, 0.2) is 60.0 Å². The van der Waals surface area contributed by atoms with Crippen molar-refractivity contribution in [3.8, 4) is 0 Å². The van der Waals surface area contributed by atoms with Crippen LogP contribution in [-0.2, 0) is 23.9 Å². The Hall–Kier alpha value is -3.68. The number of para-hydroxylation sites is 1. The predicted octanol–water partition coefficient (Wildman–Crippen LogP) is 2.54. The van der Waals surface area contributed by atoms with Gasteiger partial charge in [0.25, 0.3) is 5.91 Å². The maximum atomic E-state index is 13.5. The molecule has 2 aromatic carbocycles. The summed E-state index contributed by atoms with van der Waals surface area (Å²) >= 11 is 0. The Kier molecular flexibility index (Phi) is 5.69. The lowest BCUT2D eigenvalue weighted by Crippen LogP contribution is -2.24. The highest BCUT2D eigenvalue weighted by atomic mass is 19.1. The van der Waals surface area contributed by atoms with Gasteiger partial charge in [0.05, 0.1) is 0 Å². The number of rotatable bonds is 6. The zero-order valence-electron chi connectivity index (χ0n) is 15.0. The smallest absolute Gasteiger partial charge is 0.347 e. The number of carbonyl (C=O) groups is 3. The van der Waals surface area contributed by atoms with E-state index < -0.39 is 30.1 Å². The molecule has 0 saturated heterocycles. The molecule has 1 aliphatic heterocycles. The summed E-state index contributed by atoms with van der Waals surface area (Å²) in [5.41, 5.74) is 0.999. The minimum atomic E-state index is -0.980. The molecule has 0 unspecified atom stereocenters. The SMILES string of the molecule is Cc1ccc(NC(=O)COC(=O)C2=C(Nc3ccccc3)OCC2=O)cc1F. The van der Waals surface area contributed by atoms with Crippen molar-refractivity contribution < 1.29 is 28.2 Å². The quantitative estimate of drug-likeness (QED) is 0.587. The zero-order valence-corrected chi connectivity index (χ0v) is 15.0. The minimum Gasteiger partial charge on any atom is -0.470 e. The Morgan fingerprint density at radius 2 is 1.89 bits per heavy atom. The summed E-state index contributed by atoms with van der Waals surface area (Å²) in [6.07, 6.45) is 0. The van der Waals surface area contributed by atoms with Crippen LogP contribution in [0.3, 0.4) is 0 Å². The van der Waals surface area contributed by atoms with Gasteiger partial charge in [0.15, 0.2) is 18.8 Å². The maximum Gasteiger partial charge on any atom is 0.347 e. The van der Waals surface area contributed by atoms with Crippen LogP contribution in [0.4, 0.5) is 15.8 Å². The number of carbonyl (C=O) groups excluding carboxylic acids is 3. The molecular weight excluding hydrogens is 367 g/mol. The molecule has 7 nitrogen and oxygen atoms in total. The first-order chi connectivity index (χ1) is 13.4. The van der Waals surface area contributed by atoms with Crippen molar-refractivity contribution in [1.82, 2.24) is 0 Å². The number of Topliss-reactive ketones (excluding diaryl/α,β-unsaturated/α-hetero) is 1. The molecule has 144 valence electrons. The Morgan fingerprint density at radius 3 is 2.61 bits per heavy atom. The molecule has 2 aromatic rings. The molecule has 1 amide bonds. The van der Waals surface area contributed by atoms with E-state index in [1.807, 2.05) is 6.07 Å². The molecule has 0 fully saturated rings. The number of ether oxygens (including phenoxy) is 2. The lowest BCUT2D eigenvalue weighted by atomic mass is 10.2. The molecule has 0 atom stereocenters. The maximum absolute atomic E-state index is 13.5. The number of esters is 1. The Morgan fingerprint density at radius 1 is 1.14 bits per heavy atom. The second-order valence-corrected chi connectivity index (χ2v) is 6.00. The first-order valence-corrected chi connectivity index (χ1v) is 8.39. The van der Waals surface area contributed by atoms with E-state index in [1.54, 1.807) is 31.2 Å². The lowest BCUT2D eigenvalue weighted by Gasteiger charge is -2.09. The summed E-state index contributed by atoms with van der Waals surface area (Å²) < 4.78 is 23.6. The van der Waals surface area contributed by atoms with Crippen LogP contribution in [0.5, 0.6) is 0 Å². The highest BCUT2D eigenvalue weighted by molar-refractivity contribution is 6.20. The third kappa shape index (κ3) is 4.53. The van der Waals surface area contributed by atoms with Crippen molar-refractivity contribution in [2.24, 2.45) is 0 Å². The zero-order chi connectivity index (χ0) is 20.1. The van der Waals surface area contributed by atoms with Gasteiger partial charge in [0.1, 0.15) is 5.82 Å². The number of aryl methyl sites for hydroxylation is 1. The molecule has 28 heavy (non-hydrogen) atoms. The number of amides is 1. The van der Waals surface area contributed by atoms with E-state index in [0.717, 1.165) is 6.07 Å². The van der Waals surface area contributed by atoms with Gasteiger partial charge in [0, 0.05) is 11.4 Å². The first kappa shape index (κ1) is 19.1. The second-order valence-electron chi connectivity index (χ2n) is 6.00. The van der Waals surface area contributed by atoms with Crippen LogP contribution in [0.2, 0.25) is 0 Å². The molecule has 0 aromatic heterocycles. The normalized spacial score (nSPS) is 13.1. The monoisotopic (exact) mass is 384 g/mol. The summed E-state index contributed by atoms with van der Waals surface area (Å²) in [4.78, 5) is 36.1. The van der Waals surface area contributed by atoms with Crippen LogP contribution in [-0.4, -0.2) is 30.9 Å². The Balaban J connectivity index is 1.62. The number of benzene rings is 2. The lowest BCUT2D eigenvalue weighted by molar-refractivity contribution is -0.144. The number of hydrogen-bond donors (Lipinski definition) is 2. The number of nitrogens with one attached hydrogen (secondary N) is 2. The van der Waals surface area contributed by atoms with E-state index >= 15 is 0 Å². The average molecular weight is 384 g/mol. The van der Waals surface area contributed by atoms with Gasteiger partial charge in [-0.25, -0.2) is 9.18 Å². The molecule has 3 rings (SSSR count). The summed E-state index contributed by atoms with van der Waals surface area (Å²) in [5, 5.41) is 5.25. The van der Waals surface area contributed by atoms with E-state index in [2.05, 4.69) is 10.6 Å². The second kappa shape index (κ2) is 8.34. The first-order valence-electron chi connectivity index (χ1n) is 8.39. The van der Waals surface area contributed by atoms with Crippen molar-refractivity contribution >= 4 is 29.0 Å². The topological polar surface area (TPSA) is 93.7 Å². The molecule has 0 saturated carbocycles. The van der Waals surface area contributed by atoms with Crippen LogP contribution in [0.25, 0.3) is 0 Å². The molecular formula is C20H17FN2O5. The summed E-state index contributed by atoms with van der Waals surface area (Å²) in [6, 6.07) is 13.0. The van der Waals surface area contributed by atoms with Crippen molar-refractivity contribution in [2.45, 2.75) is 6.92 Å². The highest BCUT2D eigenvalue weighted by Gasteiger charge is 2.32. The molecule has 0 bridgehead atoms. The molecule has 0 radical (unpaired) electrons. The van der Waals surface area contributed by atoms with E-state index in [-0.39, 0.29) is 23.8 Å². The van der Waals surface area contributed by atoms with Crippen molar-refractivity contribution in [1.29, 1.82) is 0 Å². The standard InChI is InChI=1S/C20H17FN2O5/c1-12-7-8-14(9-15(12)21)22-17(25)11-28-20(26)18-16(24)10-27-19(18)23-13-5-3-2-4-6-13/h2-9,23H,10-11H2,1H3,(H,22,25). The van der Waals surface area contributed by atoms with Gasteiger partial charge in [0.2, 0.25) is 11.7 Å². The number of ketones is 1. The number of anilines is 2. The predicted molar refractivity (Wildman–Crippen MR) is 98.8 cm³/mol. The van der Waals surface area contributed by atoms with Gasteiger partial charge in [-0.1, -0.05) is 24.3 Å². The van der Waals surface area contributed by atoms with Crippen LogP contribution in [0.1, 0.15) is 5.56 Å². The number of halogens is 1. The molecule has 0 spiro atoms. The van der Waals surface area contributed by atoms with E-state index in [4.69, 9.17) is 9.47 Å². The van der Waals surface area contributed by atoms with Gasteiger partial charge in [-0.3, -0.25) is 9.59 Å². The Labute approximate surface area is 160 Å². The number of hydrogen-bond acceptors (Lipinski definition) is 6. The van der Waals surface area contributed by atoms with E-state index in [9.17, 15) is 18.8 Å². The van der Waals surface area contributed by atoms with Crippen molar-refractivity contribution in [3.63, 3.8) is 0 Å². The van der Waals surface area contributed by atoms with Crippen LogP contribution in [0, 0.1) is 12.7 Å². The van der Waals surface area contributed by atoms with Gasteiger partial charge < -0.3 is 20.1 Å². The highest BCUT2D eigenvalue weighted by Crippen LogP contribution is 2.20. The largest absolute Gasteiger partial charge is 0.470 e. The summed E-state index contributed by atoms with van der Waals surface area (Å²) in [6.45, 7) is 0.663. The summed E-state index contributed by atoms with van der Waals surface area (Å²) in [7, 11) is 0. The molecule has 1 aliphatic rings. The van der Waals surface area contributed by atoms with Crippen LogP contribution >= 0.6 is 0 Å². The molecule has 2 N–H and O–H groups in total. The van der Waals surface area contributed by atoms with Gasteiger partial charge in [-0.15, -0.1) is 0 Å². The summed E-state index contributed by atoms with van der Waals surface area (Å²) in [5.74, 6) is -2.69. The third-order valence-electron chi connectivity index (χ3n) is 3.88. The average Bonchev–Trinajstić information content (AvgIpc) is 3.04. The molecule has 8 heteroatoms. The molecule has 0 aliphatic carbocycles. The molecule has 1 heterocycles. The van der Waals surface area contributed by atoms with Crippen molar-refractivity contribution in [2.75, 3.05) is 23.8 Å².